The van der Waals surface area contributed by atoms with Crippen LogP contribution in [0.25, 0.3) is 11.0 Å². The van der Waals surface area contributed by atoms with Gasteiger partial charge in [-0.1, -0.05) is 25.0 Å². The first kappa shape index (κ1) is 21.8. The van der Waals surface area contributed by atoms with Gasteiger partial charge < -0.3 is 9.72 Å². The van der Waals surface area contributed by atoms with Crippen molar-refractivity contribution in [3.63, 3.8) is 0 Å². The molecular weight excluding hydrogens is 412 g/mol. The number of rotatable bonds is 6. The number of aromatic amines is 1. The van der Waals surface area contributed by atoms with Gasteiger partial charge >= 0.3 is 0 Å². The Morgan fingerprint density at radius 3 is 2.61 bits per heavy atom. The van der Waals surface area contributed by atoms with Gasteiger partial charge in [-0.05, 0) is 55.3 Å². The van der Waals surface area contributed by atoms with Crippen LogP contribution in [-0.4, -0.2) is 55.3 Å². The molecule has 1 aliphatic rings. The Morgan fingerprint density at radius 1 is 1.13 bits per heavy atom. The molecule has 0 bridgehead atoms. The molecule has 3 aromatic rings. The topological polar surface area (TPSA) is 78.5 Å². The van der Waals surface area contributed by atoms with E-state index in [2.05, 4.69) is 22.0 Å². The van der Waals surface area contributed by atoms with Gasteiger partial charge in [-0.15, -0.1) is 0 Å². The van der Waals surface area contributed by atoms with Crippen molar-refractivity contribution in [3.8, 4) is 5.75 Å². The van der Waals surface area contributed by atoms with Crippen LogP contribution in [0.4, 0.5) is 0 Å². The van der Waals surface area contributed by atoms with E-state index in [0.717, 1.165) is 42.0 Å². The van der Waals surface area contributed by atoms with Crippen molar-refractivity contribution in [2.24, 2.45) is 0 Å². The summed E-state index contributed by atoms with van der Waals surface area (Å²) in [5, 5.41) is 0. The Kier molecular flexibility index (Phi) is 6.31. The molecule has 0 radical (unpaired) electrons. The first-order valence-electron chi connectivity index (χ1n) is 10.7. The van der Waals surface area contributed by atoms with Gasteiger partial charge in [0.2, 0.25) is 10.0 Å². The van der Waals surface area contributed by atoms with E-state index in [1.165, 1.54) is 36.8 Å². The number of hydrogen-bond donors (Lipinski definition) is 1. The van der Waals surface area contributed by atoms with E-state index in [0.29, 0.717) is 12.6 Å². The number of ether oxygens (including phenoxy) is 1. The summed E-state index contributed by atoms with van der Waals surface area (Å²) in [7, 11) is 1.28. The number of H-pyrrole nitrogens is 1. The zero-order valence-corrected chi connectivity index (χ0v) is 19.2. The zero-order chi connectivity index (χ0) is 22.0. The van der Waals surface area contributed by atoms with Crippen LogP contribution in [0.5, 0.6) is 5.75 Å². The molecule has 0 aliphatic carbocycles. The van der Waals surface area contributed by atoms with Crippen molar-refractivity contribution in [1.29, 1.82) is 0 Å². The fraction of sp³-hybridized carbons (Fsp3) is 0.435. The second kappa shape index (κ2) is 8.98. The predicted octanol–water partition coefficient (Wildman–Crippen LogP) is 3.94. The predicted molar refractivity (Wildman–Crippen MR) is 122 cm³/mol. The third-order valence-corrected chi connectivity index (χ3v) is 7.81. The minimum atomic E-state index is -3.48. The van der Waals surface area contributed by atoms with E-state index in [9.17, 15) is 8.42 Å². The van der Waals surface area contributed by atoms with Gasteiger partial charge in [0.05, 0.1) is 29.6 Å². The Morgan fingerprint density at radius 2 is 1.90 bits per heavy atom. The maximum Gasteiger partial charge on any atom is 0.242 e. The first-order chi connectivity index (χ1) is 14.9. The highest BCUT2D eigenvalue weighted by Gasteiger charge is 2.24. The first-order valence-corrected chi connectivity index (χ1v) is 12.1. The Labute approximate surface area is 184 Å². The molecule has 0 spiro atoms. The third kappa shape index (κ3) is 4.61. The number of nitrogens with one attached hydrogen (secondary N) is 1. The molecule has 8 heteroatoms. The highest BCUT2D eigenvalue weighted by molar-refractivity contribution is 7.89. The van der Waals surface area contributed by atoms with Crippen LogP contribution in [0.3, 0.4) is 0 Å². The molecule has 0 amide bonds. The van der Waals surface area contributed by atoms with Crippen molar-refractivity contribution >= 4 is 21.1 Å². The van der Waals surface area contributed by atoms with Crippen LogP contribution in [0, 0.1) is 0 Å². The number of likely N-dealkylation sites (tertiary alicyclic amines) is 1. The maximum atomic E-state index is 12.5. The number of hydrogen-bond acceptors (Lipinski definition) is 5. The Balaban J connectivity index is 1.60. The van der Waals surface area contributed by atoms with Crippen LogP contribution < -0.4 is 4.74 Å². The molecule has 4 rings (SSSR count). The lowest BCUT2D eigenvalue weighted by Gasteiger charge is -2.29. The molecule has 2 heterocycles. The summed E-state index contributed by atoms with van der Waals surface area (Å²) < 4.78 is 31.5. The summed E-state index contributed by atoms with van der Waals surface area (Å²) in [5.74, 6) is 1.72. The van der Waals surface area contributed by atoms with E-state index in [1.807, 2.05) is 12.1 Å². The van der Waals surface area contributed by atoms with E-state index in [4.69, 9.17) is 9.72 Å². The largest absolute Gasteiger partial charge is 0.497 e. The van der Waals surface area contributed by atoms with Crippen LogP contribution >= 0.6 is 0 Å². The summed E-state index contributed by atoms with van der Waals surface area (Å²) >= 11 is 0. The molecule has 1 saturated heterocycles. The number of nitrogens with zero attached hydrogens (tertiary/aromatic N) is 3. The lowest BCUT2D eigenvalue weighted by Crippen LogP contribution is -2.28. The zero-order valence-electron chi connectivity index (χ0n) is 18.3. The third-order valence-electron chi connectivity index (χ3n) is 6.00. The molecule has 31 heavy (non-hydrogen) atoms. The van der Waals surface area contributed by atoms with E-state index in [1.54, 1.807) is 25.3 Å². The summed E-state index contributed by atoms with van der Waals surface area (Å²) in [6.07, 6.45) is 4.71. The normalized spacial score (nSPS) is 18.4. The van der Waals surface area contributed by atoms with Gasteiger partial charge in [0.1, 0.15) is 11.6 Å². The van der Waals surface area contributed by atoms with Crippen molar-refractivity contribution in [2.45, 2.75) is 43.2 Å². The Bertz CT molecular complexity index is 1140. The van der Waals surface area contributed by atoms with Gasteiger partial charge in [0, 0.05) is 20.1 Å². The van der Waals surface area contributed by atoms with Crippen molar-refractivity contribution in [3.05, 3.63) is 53.9 Å². The Hall–Kier alpha value is -2.42. The second-order valence-electron chi connectivity index (χ2n) is 8.26. The average molecular weight is 443 g/mol. The molecule has 1 atom stereocenters. The minimum absolute atomic E-state index is 0.270. The van der Waals surface area contributed by atoms with E-state index < -0.39 is 10.0 Å². The van der Waals surface area contributed by atoms with Gasteiger partial charge in [0.25, 0.3) is 0 Å². The fourth-order valence-electron chi connectivity index (χ4n) is 4.24. The molecule has 2 aromatic carbocycles. The van der Waals surface area contributed by atoms with Gasteiger partial charge in [0.15, 0.2) is 0 Å². The molecule has 0 unspecified atom stereocenters. The summed E-state index contributed by atoms with van der Waals surface area (Å²) in [4.78, 5) is 10.8. The highest BCUT2D eigenvalue weighted by Crippen LogP contribution is 2.32. The standard InChI is InChI=1S/C23H30N4O3S/c1-26(2)31(28,29)19-12-13-20-21(15-19)25-23(24-20)16-27-14-6-4-5-7-22(27)17-8-10-18(30-3)11-9-17/h8-13,15,22H,4-7,14,16H2,1-3H3,(H,24,25)/t22-/m1/s1. The molecule has 1 aromatic heterocycles. The van der Waals surface area contributed by atoms with Crippen molar-refractivity contribution < 1.29 is 13.2 Å². The molecule has 1 N–H and O–H groups in total. The summed E-state index contributed by atoms with van der Waals surface area (Å²) in [6.45, 7) is 1.70. The van der Waals surface area contributed by atoms with Gasteiger partial charge in [-0.3, -0.25) is 4.90 Å². The number of imidazole rings is 1. The molecule has 1 aliphatic heterocycles. The number of sulfonamides is 1. The highest BCUT2D eigenvalue weighted by atomic mass is 32.2. The van der Waals surface area contributed by atoms with Crippen molar-refractivity contribution in [1.82, 2.24) is 19.2 Å². The quantitative estimate of drug-likeness (QED) is 0.626. The lowest BCUT2D eigenvalue weighted by molar-refractivity contribution is 0.188. The smallest absolute Gasteiger partial charge is 0.242 e. The minimum Gasteiger partial charge on any atom is -0.497 e. The summed E-state index contributed by atoms with van der Waals surface area (Å²) in [5.41, 5.74) is 2.82. The van der Waals surface area contributed by atoms with E-state index in [-0.39, 0.29) is 4.90 Å². The monoisotopic (exact) mass is 442 g/mol. The summed E-state index contributed by atoms with van der Waals surface area (Å²) in [6, 6.07) is 13.7. The average Bonchev–Trinajstić information content (AvgIpc) is 3.02. The lowest BCUT2D eigenvalue weighted by atomic mass is 10.0. The second-order valence-corrected chi connectivity index (χ2v) is 10.4. The maximum absolute atomic E-state index is 12.5. The number of methoxy groups -OCH3 is 1. The number of fused-ring (bicyclic) bond motifs is 1. The van der Waals surface area contributed by atoms with Crippen LogP contribution in [-0.2, 0) is 16.6 Å². The van der Waals surface area contributed by atoms with E-state index >= 15 is 0 Å². The molecule has 1 fully saturated rings. The van der Waals surface area contributed by atoms with Crippen LogP contribution in [0.1, 0.15) is 43.1 Å². The number of aromatic nitrogens is 2. The van der Waals surface area contributed by atoms with Gasteiger partial charge in [-0.2, -0.15) is 0 Å². The van der Waals surface area contributed by atoms with Crippen LogP contribution in [0.15, 0.2) is 47.4 Å². The SMILES string of the molecule is COc1ccc([C@H]2CCCCCN2Cc2nc3ccc(S(=O)(=O)N(C)C)cc3[nH]2)cc1. The van der Waals surface area contributed by atoms with Crippen molar-refractivity contribution in [2.75, 3.05) is 27.7 Å². The molecule has 7 nitrogen and oxygen atoms in total. The molecule has 166 valence electrons. The van der Waals surface area contributed by atoms with Crippen LogP contribution in [0.2, 0.25) is 0 Å². The number of benzene rings is 2. The molecular formula is C23H30N4O3S. The molecule has 0 saturated carbocycles. The van der Waals surface area contributed by atoms with Gasteiger partial charge in [-0.25, -0.2) is 17.7 Å². The fourth-order valence-corrected chi connectivity index (χ4v) is 5.17.